The molecule has 106 valence electrons. The normalized spacial score (nSPS) is 12.9. The van der Waals surface area contributed by atoms with E-state index in [0.29, 0.717) is 5.56 Å². The highest BCUT2D eigenvalue weighted by atomic mass is 16.5. The number of esters is 1. The van der Waals surface area contributed by atoms with Crippen molar-refractivity contribution in [2.75, 3.05) is 20.7 Å². The summed E-state index contributed by atoms with van der Waals surface area (Å²) in [4.78, 5) is 25.0. The largest absolute Gasteiger partial charge is 0.469 e. The molecule has 0 bridgehead atoms. The minimum absolute atomic E-state index is 0.219. The van der Waals surface area contributed by atoms with Crippen LogP contribution < -0.4 is 0 Å². The molecule has 0 N–H and O–H groups in total. The number of benzene rings is 1. The van der Waals surface area contributed by atoms with Gasteiger partial charge in [0.2, 0.25) is 5.91 Å². The highest BCUT2D eigenvalue weighted by molar-refractivity contribution is 5.86. The van der Waals surface area contributed by atoms with Crippen LogP contribution in [0.5, 0.6) is 0 Å². The van der Waals surface area contributed by atoms with E-state index in [2.05, 4.69) is 4.74 Å². The van der Waals surface area contributed by atoms with E-state index < -0.39 is 11.8 Å². The molecule has 5 nitrogen and oxygen atoms in total. The fraction of sp³-hybridized carbons (Fsp3) is 0.400. The van der Waals surface area contributed by atoms with Gasteiger partial charge in [-0.05, 0) is 5.56 Å². The SMILES string of the molecule is COC(=O)C(C)CN(C)C(=O)C(C#N)c1ccccc1. The van der Waals surface area contributed by atoms with E-state index in [1.54, 1.807) is 38.2 Å². The maximum absolute atomic E-state index is 12.3. The van der Waals surface area contributed by atoms with Crippen LogP contribution in [0.3, 0.4) is 0 Å². The second kappa shape index (κ2) is 7.29. The number of rotatable bonds is 5. The van der Waals surface area contributed by atoms with Gasteiger partial charge in [0, 0.05) is 13.6 Å². The quantitative estimate of drug-likeness (QED) is 0.764. The van der Waals surface area contributed by atoms with E-state index >= 15 is 0 Å². The Morgan fingerprint density at radius 2 is 1.95 bits per heavy atom. The van der Waals surface area contributed by atoms with Gasteiger partial charge >= 0.3 is 5.97 Å². The summed E-state index contributed by atoms with van der Waals surface area (Å²) in [6.07, 6.45) is 0. The van der Waals surface area contributed by atoms with Gasteiger partial charge in [0.1, 0.15) is 5.92 Å². The average molecular weight is 274 g/mol. The van der Waals surface area contributed by atoms with E-state index in [4.69, 9.17) is 0 Å². The highest BCUT2D eigenvalue weighted by Crippen LogP contribution is 2.17. The van der Waals surface area contributed by atoms with Crippen molar-refractivity contribution in [2.24, 2.45) is 5.92 Å². The van der Waals surface area contributed by atoms with Gasteiger partial charge in [0.05, 0.1) is 19.1 Å². The molecule has 0 aliphatic carbocycles. The van der Waals surface area contributed by atoms with Crippen LogP contribution >= 0.6 is 0 Å². The number of carbonyl (C=O) groups is 2. The van der Waals surface area contributed by atoms with Gasteiger partial charge in [-0.25, -0.2) is 0 Å². The van der Waals surface area contributed by atoms with Gasteiger partial charge in [-0.15, -0.1) is 0 Å². The molecule has 0 aromatic heterocycles. The predicted molar refractivity (Wildman–Crippen MR) is 73.6 cm³/mol. The van der Waals surface area contributed by atoms with E-state index in [9.17, 15) is 14.9 Å². The standard InChI is InChI=1S/C15H18N2O3/c1-11(15(19)20-3)10-17(2)14(18)13(9-16)12-7-5-4-6-8-12/h4-8,11,13H,10H2,1-3H3. The third-order valence-electron chi connectivity index (χ3n) is 3.04. The number of hydrogen-bond donors (Lipinski definition) is 0. The van der Waals surface area contributed by atoms with Crippen LogP contribution in [0.4, 0.5) is 0 Å². The Morgan fingerprint density at radius 3 is 2.45 bits per heavy atom. The van der Waals surface area contributed by atoms with Crippen LogP contribution in [0.1, 0.15) is 18.4 Å². The van der Waals surface area contributed by atoms with Crippen LogP contribution in [0, 0.1) is 17.2 Å². The summed E-state index contributed by atoms with van der Waals surface area (Å²) in [5, 5.41) is 9.20. The molecule has 0 spiro atoms. The first-order valence-corrected chi connectivity index (χ1v) is 6.28. The lowest BCUT2D eigenvalue weighted by Crippen LogP contribution is -2.36. The zero-order valence-electron chi connectivity index (χ0n) is 11.9. The van der Waals surface area contributed by atoms with Gasteiger partial charge < -0.3 is 9.64 Å². The zero-order valence-corrected chi connectivity index (χ0v) is 11.9. The molecule has 0 saturated heterocycles. The first-order valence-electron chi connectivity index (χ1n) is 6.28. The van der Waals surface area contributed by atoms with Crippen LogP contribution in [0.2, 0.25) is 0 Å². The first-order chi connectivity index (χ1) is 9.51. The minimum Gasteiger partial charge on any atom is -0.469 e. The van der Waals surface area contributed by atoms with Gasteiger partial charge in [-0.2, -0.15) is 5.26 Å². The lowest BCUT2D eigenvalue weighted by Gasteiger charge is -2.22. The molecule has 0 radical (unpaired) electrons. The van der Waals surface area contributed by atoms with Crippen molar-refractivity contribution in [2.45, 2.75) is 12.8 Å². The van der Waals surface area contributed by atoms with E-state index in [1.165, 1.54) is 12.0 Å². The summed E-state index contributed by atoms with van der Waals surface area (Å²) < 4.78 is 4.62. The molecule has 1 amide bonds. The molecule has 0 heterocycles. The van der Waals surface area contributed by atoms with Crippen LogP contribution in [-0.4, -0.2) is 37.5 Å². The van der Waals surface area contributed by atoms with Crippen molar-refractivity contribution >= 4 is 11.9 Å². The molecule has 0 aliphatic rings. The summed E-state index contributed by atoms with van der Waals surface area (Å²) in [7, 11) is 2.89. The average Bonchev–Trinajstić information content (AvgIpc) is 2.47. The van der Waals surface area contributed by atoms with Gasteiger partial charge in [0.25, 0.3) is 0 Å². The summed E-state index contributed by atoms with van der Waals surface area (Å²) in [6, 6.07) is 10.9. The first kappa shape index (κ1) is 15.7. The Kier molecular flexibility index (Phi) is 5.73. The van der Waals surface area contributed by atoms with Gasteiger partial charge in [0.15, 0.2) is 0 Å². The van der Waals surface area contributed by atoms with Crippen molar-refractivity contribution in [3.8, 4) is 6.07 Å². The molecule has 0 fully saturated rings. The number of ether oxygens (including phenoxy) is 1. The second-order valence-corrected chi connectivity index (χ2v) is 4.62. The molecule has 2 atom stereocenters. The second-order valence-electron chi connectivity index (χ2n) is 4.62. The van der Waals surface area contributed by atoms with Gasteiger partial charge in [-0.3, -0.25) is 9.59 Å². The molecule has 1 rings (SSSR count). The van der Waals surface area contributed by atoms with E-state index in [0.717, 1.165) is 0 Å². The predicted octanol–water partition coefficient (Wildman–Crippen LogP) is 1.56. The molecule has 0 saturated carbocycles. The zero-order chi connectivity index (χ0) is 15.1. The summed E-state index contributed by atoms with van der Waals surface area (Å²) in [5.74, 6) is -1.98. The molecular weight excluding hydrogens is 256 g/mol. The molecular formula is C15H18N2O3. The van der Waals surface area contributed by atoms with Crippen LogP contribution in [0.25, 0.3) is 0 Å². The Morgan fingerprint density at radius 1 is 1.35 bits per heavy atom. The lowest BCUT2D eigenvalue weighted by molar-refractivity contribution is -0.146. The fourth-order valence-electron chi connectivity index (χ4n) is 1.91. The van der Waals surface area contributed by atoms with Crippen LogP contribution in [0.15, 0.2) is 30.3 Å². The van der Waals surface area contributed by atoms with Crippen LogP contribution in [-0.2, 0) is 14.3 Å². The van der Waals surface area contributed by atoms with Crippen molar-refractivity contribution in [1.82, 2.24) is 4.90 Å². The summed E-state index contributed by atoms with van der Waals surface area (Å²) in [5.41, 5.74) is 0.651. The van der Waals surface area contributed by atoms with Gasteiger partial charge in [-0.1, -0.05) is 37.3 Å². The molecule has 1 aromatic rings. The van der Waals surface area contributed by atoms with Crippen molar-refractivity contribution in [1.29, 1.82) is 5.26 Å². The maximum atomic E-state index is 12.3. The number of likely N-dealkylation sites (N-methyl/N-ethyl adjacent to an activating group) is 1. The van der Waals surface area contributed by atoms with Crippen molar-refractivity contribution in [3.63, 3.8) is 0 Å². The third-order valence-corrected chi connectivity index (χ3v) is 3.04. The number of carbonyl (C=O) groups excluding carboxylic acids is 2. The third kappa shape index (κ3) is 3.82. The molecule has 20 heavy (non-hydrogen) atoms. The smallest absolute Gasteiger partial charge is 0.310 e. The summed E-state index contributed by atoms with van der Waals surface area (Å²) in [6.45, 7) is 1.90. The highest BCUT2D eigenvalue weighted by Gasteiger charge is 2.26. The summed E-state index contributed by atoms with van der Waals surface area (Å²) >= 11 is 0. The molecule has 5 heteroatoms. The maximum Gasteiger partial charge on any atom is 0.310 e. The molecule has 2 unspecified atom stereocenters. The monoisotopic (exact) mass is 274 g/mol. The molecule has 1 aromatic carbocycles. The number of methoxy groups -OCH3 is 1. The Bertz CT molecular complexity index is 508. The fourth-order valence-corrected chi connectivity index (χ4v) is 1.91. The Balaban J connectivity index is 2.77. The molecule has 0 aliphatic heterocycles. The minimum atomic E-state index is -0.856. The topological polar surface area (TPSA) is 70.4 Å². The Labute approximate surface area is 118 Å². The van der Waals surface area contributed by atoms with E-state index in [1.807, 2.05) is 12.1 Å². The number of hydrogen-bond acceptors (Lipinski definition) is 4. The number of amides is 1. The lowest BCUT2D eigenvalue weighted by atomic mass is 9.99. The van der Waals surface area contributed by atoms with Crippen molar-refractivity contribution < 1.29 is 14.3 Å². The number of nitriles is 1. The van der Waals surface area contributed by atoms with Crippen molar-refractivity contribution in [3.05, 3.63) is 35.9 Å². The van der Waals surface area contributed by atoms with E-state index in [-0.39, 0.29) is 18.4 Å². The Hall–Kier alpha value is -2.35. The number of nitrogens with zero attached hydrogens (tertiary/aromatic N) is 2.